The zero-order valence-electron chi connectivity index (χ0n) is 17.4. The van der Waals surface area contributed by atoms with Crippen LogP contribution in [0.2, 0.25) is 0 Å². The van der Waals surface area contributed by atoms with Gasteiger partial charge in [0.05, 0.1) is 11.6 Å². The first-order chi connectivity index (χ1) is 13.8. The van der Waals surface area contributed by atoms with Crippen molar-refractivity contribution >= 4 is 17.4 Å². The molecular formula is C24H27NO4. The van der Waals surface area contributed by atoms with E-state index in [9.17, 15) is 14.7 Å². The van der Waals surface area contributed by atoms with E-state index in [2.05, 4.69) is 0 Å². The zero-order chi connectivity index (χ0) is 21.1. The van der Waals surface area contributed by atoms with Crippen LogP contribution >= 0.6 is 0 Å². The van der Waals surface area contributed by atoms with E-state index in [4.69, 9.17) is 4.74 Å². The van der Waals surface area contributed by atoms with Crippen LogP contribution in [0.25, 0.3) is 5.76 Å². The van der Waals surface area contributed by atoms with Crippen molar-refractivity contribution in [3.8, 4) is 0 Å². The Morgan fingerprint density at radius 3 is 2.34 bits per heavy atom. The third-order valence-electron chi connectivity index (χ3n) is 5.33. The van der Waals surface area contributed by atoms with E-state index in [1.807, 2.05) is 63.2 Å². The molecule has 1 aliphatic rings. The van der Waals surface area contributed by atoms with Crippen LogP contribution in [0.15, 0.2) is 48.0 Å². The molecule has 0 spiro atoms. The monoisotopic (exact) mass is 393 g/mol. The molecule has 5 nitrogen and oxygen atoms in total. The van der Waals surface area contributed by atoms with Crippen molar-refractivity contribution < 1.29 is 19.4 Å². The average molecular weight is 393 g/mol. The zero-order valence-corrected chi connectivity index (χ0v) is 17.4. The summed E-state index contributed by atoms with van der Waals surface area (Å²) < 4.78 is 5.11. The van der Waals surface area contributed by atoms with Crippen LogP contribution < -0.4 is 0 Å². The minimum atomic E-state index is -0.647. The molecule has 1 fully saturated rings. The van der Waals surface area contributed by atoms with Gasteiger partial charge in [-0.15, -0.1) is 0 Å². The summed E-state index contributed by atoms with van der Waals surface area (Å²) >= 11 is 0. The molecule has 1 aliphatic heterocycles. The molecule has 1 atom stereocenters. The van der Waals surface area contributed by atoms with Gasteiger partial charge in [0.25, 0.3) is 11.7 Å². The maximum absolute atomic E-state index is 13.0. The highest BCUT2D eigenvalue weighted by Gasteiger charge is 2.45. The van der Waals surface area contributed by atoms with E-state index in [1.54, 1.807) is 12.0 Å². The number of Topliss-reactive ketones (excluding diaryl/α,β-unsaturated/α-hetero) is 1. The number of rotatable bonds is 6. The first kappa shape index (κ1) is 20.8. The summed E-state index contributed by atoms with van der Waals surface area (Å²) in [7, 11) is 1.60. The number of aliphatic hydroxyl groups is 1. The molecule has 0 bridgehead atoms. The van der Waals surface area contributed by atoms with Crippen molar-refractivity contribution in [3.05, 3.63) is 75.9 Å². The Kier molecular flexibility index (Phi) is 6.18. The lowest BCUT2D eigenvalue weighted by molar-refractivity contribution is -0.140. The SMILES string of the molecule is COCCCN1C(=O)C(=O)/C(=C(/O)c2cc(C)ccc2C)C1c1ccc(C)cc1. The Morgan fingerprint density at radius 1 is 1.03 bits per heavy atom. The number of aryl methyl sites for hydroxylation is 3. The second-order valence-corrected chi connectivity index (χ2v) is 7.57. The van der Waals surface area contributed by atoms with Gasteiger partial charge in [-0.05, 0) is 44.4 Å². The van der Waals surface area contributed by atoms with Gasteiger partial charge < -0.3 is 14.7 Å². The predicted molar refractivity (Wildman–Crippen MR) is 113 cm³/mol. The molecule has 1 N–H and O–H groups in total. The fourth-order valence-electron chi connectivity index (χ4n) is 3.72. The normalized spacial score (nSPS) is 18.5. The predicted octanol–water partition coefficient (Wildman–Crippen LogP) is 4.07. The summed E-state index contributed by atoms with van der Waals surface area (Å²) in [6.45, 7) is 6.65. The average Bonchev–Trinajstić information content (AvgIpc) is 2.95. The second kappa shape index (κ2) is 8.62. The standard InChI is InChI=1S/C24H27NO4/c1-15-7-10-18(11-8-15)21-20(22(26)19-14-16(2)6-9-17(19)3)23(27)24(28)25(21)12-5-13-29-4/h6-11,14,21,26H,5,12-13H2,1-4H3/b22-20+. The Hall–Kier alpha value is -2.92. The van der Waals surface area contributed by atoms with Crippen molar-refractivity contribution in [2.24, 2.45) is 0 Å². The molecule has 0 aliphatic carbocycles. The largest absolute Gasteiger partial charge is 0.507 e. The first-order valence-electron chi connectivity index (χ1n) is 9.76. The molecule has 0 aromatic heterocycles. The van der Waals surface area contributed by atoms with Crippen LogP contribution in [0.4, 0.5) is 0 Å². The topological polar surface area (TPSA) is 66.8 Å². The smallest absolute Gasteiger partial charge is 0.295 e. The second-order valence-electron chi connectivity index (χ2n) is 7.57. The maximum atomic E-state index is 13.0. The number of aliphatic hydroxyl groups excluding tert-OH is 1. The van der Waals surface area contributed by atoms with Gasteiger partial charge in [0.1, 0.15) is 5.76 Å². The van der Waals surface area contributed by atoms with Crippen molar-refractivity contribution in [1.29, 1.82) is 0 Å². The summed E-state index contributed by atoms with van der Waals surface area (Å²) in [6, 6.07) is 12.8. The van der Waals surface area contributed by atoms with Crippen LogP contribution in [0, 0.1) is 20.8 Å². The third kappa shape index (κ3) is 4.10. The van der Waals surface area contributed by atoms with Crippen molar-refractivity contribution in [2.45, 2.75) is 33.2 Å². The fourth-order valence-corrected chi connectivity index (χ4v) is 3.72. The number of benzene rings is 2. The van der Waals surface area contributed by atoms with E-state index in [-0.39, 0.29) is 11.3 Å². The number of hydrogen-bond acceptors (Lipinski definition) is 4. The summed E-state index contributed by atoms with van der Waals surface area (Å²) in [5, 5.41) is 11.1. The summed E-state index contributed by atoms with van der Waals surface area (Å²) in [5.41, 5.74) is 4.43. The molecular weight excluding hydrogens is 366 g/mol. The molecule has 1 amide bonds. The highest BCUT2D eigenvalue weighted by Crippen LogP contribution is 2.40. The van der Waals surface area contributed by atoms with Crippen LogP contribution in [-0.2, 0) is 14.3 Å². The maximum Gasteiger partial charge on any atom is 0.295 e. The lowest BCUT2D eigenvalue weighted by Gasteiger charge is -2.25. The Bertz CT molecular complexity index is 959. The van der Waals surface area contributed by atoms with Crippen LogP contribution in [-0.4, -0.2) is 42.0 Å². The van der Waals surface area contributed by atoms with E-state index in [0.717, 1.165) is 22.3 Å². The summed E-state index contributed by atoms with van der Waals surface area (Å²) in [6.07, 6.45) is 0.607. The molecule has 5 heteroatoms. The van der Waals surface area contributed by atoms with Gasteiger partial charge in [-0.1, -0.05) is 47.5 Å². The number of amides is 1. The van der Waals surface area contributed by atoms with Gasteiger partial charge in [-0.25, -0.2) is 0 Å². The van der Waals surface area contributed by atoms with E-state index < -0.39 is 17.7 Å². The summed E-state index contributed by atoms with van der Waals surface area (Å²) in [5.74, 6) is -1.35. The number of hydrogen-bond donors (Lipinski definition) is 1. The highest BCUT2D eigenvalue weighted by atomic mass is 16.5. The van der Waals surface area contributed by atoms with Gasteiger partial charge in [0.15, 0.2) is 0 Å². The first-order valence-corrected chi connectivity index (χ1v) is 9.76. The molecule has 2 aromatic rings. The number of nitrogens with zero attached hydrogens (tertiary/aromatic N) is 1. The molecule has 152 valence electrons. The van der Waals surface area contributed by atoms with Gasteiger partial charge in [0.2, 0.25) is 0 Å². The number of methoxy groups -OCH3 is 1. The van der Waals surface area contributed by atoms with Crippen LogP contribution in [0.3, 0.4) is 0 Å². The van der Waals surface area contributed by atoms with Crippen LogP contribution in [0.1, 0.15) is 40.3 Å². The van der Waals surface area contributed by atoms with Gasteiger partial charge in [0, 0.05) is 25.8 Å². The number of carbonyl (C=O) groups excluding carboxylic acids is 2. The van der Waals surface area contributed by atoms with E-state index >= 15 is 0 Å². The van der Waals surface area contributed by atoms with Gasteiger partial charge >= 0.3 is 0 Å². The lowest BCUT2D eigenvalue weighted by atomic mass is 9.93. The minimum Gasteiger partial charge on any atom is -0.507 e. The molecule has 2 aromatic carbocycles. The Balaban J connectivity index is 2.16. The fraction of sp³-hybridized carbons (Fsp3) is 0.333. The number of carbonyl (C=O) groups is 2. The molecule has 0 saturated carbocycles. The molecule has 1 saturated heterocycles. The molecule has 0 radical (unpaired) electrons. The van der Waals surface area contributed by atoms with E-state index in [1.165, 1.54) is 0 Å². The quantitative estimate of drug-likeness (QED) is 0.348. The molecule has 1 heterocycles. The summed E-state index contributed by atoms with van der Waals surface area (Å²) in [4.78, 5) is 27.4. The molecule has 3 rings (SSSR count). The van der Waals surface area contributed by atoms with Crippen molar-refractivity contribution in [1.82, 2.24) is 4.90 Å². The Labute approximate surface area is 171 Å². The van der Waals surface area contributed by atoms with Crippen LogP contribution in [0.5, 0.6) is 0 Å². The number of ketones is 1. The molecule has 29 heavy (non-hydrogen) atoms. The third-order valence-corrected chi connectivity index (χ3v) is 5.33. The number of likely N-dealkylation sites (tertiary alicyclic amines) is 1. The van der Waals surface area contributed by atoms with Crippen molar-refractivity contribution in [3.63, 3.8) is 0 Å². The number of ether oxygens (including phenoxy) is 1. The Morgan fingerprint density at radius 2 is 1.69 bits per heavy atom. The lowest BCUT2D eigenvalue weighted by Crippen LogP contribution is -2.31. The minimum absolute atomic E-state index is 0.121. The van der Waals surface area contributed by atoms with Crippen molar-refractivity contribution in [2.75, 3.05) is 20.3 Å². The molecule has 1 unspecified atom stereocenters. The van der Waals surface area contributed by atoms with Gasteiger partial charge in [-0.2, -0.15) is 0 Å². The highest BCUT2D eigenvalue weighted by molar-refractivity contribution is 6.46. The van der Waals surface area contributed by atoms with Gasteiger partial charge in [-0.3, -0.25) is 9.59 Å². The van der Waals surface area contributed by atoms with E-state index in [0.29, 0.717) is 25.1 Å².